The molecular weight excluding hydrogens is 234 g/mol. The minimum absolute atomic E-state index is 0.260. The molecule has 1 aromatic carbocycles. The molecule has 0 aliphatic heterocycles. The van der Waals surface area contributed by atoms with Gasteiger partial charge in [-0.3, -0.25) is 4.79 Å². The van der Waals surface area contributed by atoms with Crippen LogP contribution in [0.4, 0.5) is 5.69 Å². The number of azo groups is 1. The van der Waals surface area contributed by atoms with Crippen molar-refractivity contribution in [1.82, 2.24) is 0 Å². The number of carbonyl (C=O) groups is 1. The summed E-state index contributed by atoms with van der Waals surface area (Å²) in [4.78, 5) is 10.9. The van der Waals surface area contributed by atoms with Crippen LogP contribution in [-0.4, -0.2) is 17.6 Å². The second-order valence-corrected chi connectivity index (χ2v) is 3.43. The van der Waals surface area contributed by atoms with Crippen LogP contribution in [0.25, 0.3) is 0 Å². The number of hydrogen-bond acceptors (Lipinski definition) is 5. The molecule has 3 N–H and O–H groups in total. The molecule has 0 saturated heterocycles. The Labute approximate surface area is 105 Å². The van der Waals surface area contributed by atoms with Gasteiger partial charge in [-0.2, -0.15) is 5.11 Å². The minimum atomic E-state index is -0.829. The fourth-order valence-corrected chi connectivity index (χ4v) is 1.18. The van der Waals surface area contributed by atoms with Gasteiger partial charge in [-0.05, 0) is 38.1 Å². The van der Waals surface area contributed by atoms with Crippen molar-refractivity contribution in [3.05, 3.63) is 35.7 Å². The predicted octanol–water partition coefficient (Wildman–Crippen LogP) is 2.44. The van der Waals surface area contributed by atoms with E-state index < -0.39 is 5.91 Å². The minimum Gasteiger partial charge on any atom is -0.510 e. The van der Waals surface area contributed by atoms with Crippen molar-refractivity contribution in [3.63, 3.8) is 0 Å². The van der Waals surface area contributed by atoms with Gasteiger partial charge in [0.2, 0.25) is 0 Å². The Balaban J connectivity index is 2.84. The van der Waals surface area contributed by atoms with E-state index >= 15 is 0 Å². The summed E-state index contributed by atoms with van der Waals surface area (Å²) in [5, 5.41) is 16.6. The summed E-state index contributed by atoms with van der Waals surface area (Å²) in [6.45, 7) is 3.79. The number of primary amides is 1. The Bertz CT molecular complexity index is 474. The SMILES string of the molecule is CCOc1ccc(N=N/C(C(N)=O)=C(\C)O)cc1. The van der Waals surface area contributed by atoms with Crippen LogP contribution in [0.2, 0.25) is 0 Å². The molecule has 6 heteroatoms. The maximum Gasteiger partial charge on any atom is 0.272 e. The molecule has 0 bridgehead atoms. The van der Waals surface area contributed by atoms with Crippen LogP contribution in [0.5, 0.6) is 5.75 Å². The first-order chi connectivity index (χ1) is 8.54. The number of aliphatic hydroxyl groups is 1. The molecule has 1 amide bonds. The van der Waals surface area contributed by atoms with Gasteiger partial charge in [-0.15, -0.1) is 5.11 Å². The van der Waals surface area contributed by atoms with E-state index in [1.807, 2.05) is 6.92 Å². The second-order valence-electron chi connectivity index (χ2n) is 3.43. The van der Waals surface area contributed by atoms with E-state index in [1.54, 1.807) is 24.3 Å². The average Bonchev–Trinajstić information content (AvgIpc) is 2.31. The molecule has 0 aromatic heterocycles. The van der Waals surface area contributed by atoms with Crippen molar-refractivity contribution in [1.29, 1.82) is 0 Å². The Kier molecular flexibility index (Phi) is 4.86. The zero-order chi connectivity index (χ0) is 13.5. The molecular formula is C12H15N3O3. The third-order valence-electron chi connectivity index (χ3n) is 1.99. The van der Waals surface area contributed by atoms with E-state index in [1.165, 1.54) is 6.92 Å². The van der Waals surface area contributed by atoms with Crippen LogP contribution in [0.1, 0.15) is 13.8 Å². The fourth-order valence-electron chi connectivity index (χ4n) is 1.18. The summed E-state index contributed by atoms with van der Waals surface area (Å²) >= 11 is 0. The number of nitrogens with two attached hydrogens (primary N) is 1. The maximum absolute atomic E-state index is 10.9. The van der Waals surface area contributed by atoms with Gasteiger partial charge in [0.05, 0.1) is 12.3 Å². The zero-order valence-electron chi connectivity index (χ0n) is 10.3. The van der Waals surface area contributed by atoms with Gasteiger partial charge in [0.15, 0.2) is 5.70 Å². The first-order valence-corrected chi connectivity index (χ1v) is 5.38. The van der Waals surface area contributed by atoms with Gasteiger partial charge in [0.1, 0.15) is 11.5 Å². The Hall–Kier alpha value is -2.37. The smallest absolute Gasteiger partial charge is 0.272 e. The lowest BCUT2D eigenvalue weighted by atomic mass is 10.3. The molecule has 1 aromatic rings. The molecule has 18 heavy (non-hydrogen) atoms. The van der Waals surface area contributed by atoms with Crippen LogP contribution in [0.3, 0.4) is 0 Å². The highest BCUT2D eigenvalue weighted by Crippen LogP contribution is 2.19. The Morgan fingerprint density at radius 2 is 2.00 bits per heavy atom. The number of amides is 1. The van der Waals surface area contributed by atoms with E-state index in [2.05, 4.69) is 10.2 Å². The highest BCUT2D eigenvalue weighted by atomic mass is 16.5. The van der Waals surface area contributed by atoms with Crippen LogP contribution in [0.15, 0.2) is 46.0 Å². The van der Waals surface area contributed by atoms with Gasteiger partial charge in [-0.1, -0.05) is 0 Å². The number of ether oxygens (including phenoxy) is 1. The molecule has 0 spiro atoms. The van der Waals surface area contributed by atoms with E-state index in [-0.39, 0.29) is 11.5 Å². The molecule has 0 heterocycles. The van der Waals surface area contributed by atoms with Crippen LogP contribution in [0, 0.1) is 0 Å². The summed E-state index contributed by atoms with van der Waals surface area (Å²) in [6.07, 6.45) is 0. The van der Waals surface area contributed by atoms with Crippen molar-refractivity contribution in [2.45, 2.75) is 13.8 Å². The van der Waals surface area contributed by atoms with E-state index in [4.69, 9.17) is 10.5 Å². The number of hydrogen-bond donors (Lipinski definition) is 2. The van der Waals surface area contributed by atoms with E-state index in [9.17, 15) is 9.90 Å². The summed E-state index contributed by atoms with van der Waals surface area (Å²) in [6, 6.07) is 6.83. The Morgan fingerprint density at radius 1 is 1.39 bits per heavy atom. The van der Waals surface area contributed by atoms with E-state index in [0.717, 1.165) is 5.75 Å². The quantitative estimate of drug-likeness (QED) is 0.476. The number of nitrogens with zero attached hydrogens (tertiary/aromatic N) is 2. The number of rotatable bonds is 5. The molecule has 0 unspecified atom stereocenters. The molecule has 0 fully saturated rings. The molecule has 0 radical (unpaired) electrons. The highest BCUT2D eigenvalue weighted by molar-refractivity contribution is 5.91. The first kappa shape index (κ1) is 13.7. The van der Waals surface area contributed by atoms with Crippen molar-refractivity contribution in [2.75, 3.05) is 6.61 Å². The summed E-state index contributed by atoms with van der Waals surface area (Å²) in [7, 11) is 0. The van der Waals surface area contributed by atoms with Crippen LogP contribution in [-0.2, 0) is 4.79 Å². The maximum atomic E-state index is 10.9. The summed E-state index contributed by atoms with van der Waals surface area (Å²) < 4.78 is 5.27. The second kappa shape index (κ2) is 6.39. The number of aliphatic hydroxyl groups excluding tert-OH is 1. The molecule has 0 saturated carbocycles. The van der Waals surface area contributed by atoms with Gasteiger partial charge >= 0.3 is 0 Å². The molecule has 0 aliphatic carbocycles. The van der Waals surface area contributed by atoms with Crippen molar-refractivity contribution in [3.8, 4) is 5.75 Å². The largest absolute Gasteiger partial charge is 0.510 e. The van der Waals surface area contributed by atoms with Gasteiger partial charge < -0.3 is 15.6 Å². The van der Waals surface area contributed by atoms with Crippen molar-refractivity contribution < 1.29 is 14.6 Å². The predicted molar refractivity (Wildman–Crippen MR) is 66.7 cm³/mol. The van der Waals surface area contributed by atoms with E-state index in [0.29, 0.717) is 12.3 Å². The molecule has 6 nitrogen and oxygen atoms in total. The summed E-state index contributed by atoms with van der Waals surface area (Å²) in [5.41, 5.74) is 5.30. The number of carbonyl (C=O) groups excluding carboxylic acids is 1. The normalized spacial score (nSPS) is 12.3. The lowest BCUT2D eigenvalue weighted by Gasteiger charge is -2.01. The lowest BCUT2D eigenvalue weighted by Crippen LogP contribution is -2.13. The molecule has 96 valence electrons. The molecule has 0 aliphatic rings. The lowest BCUT2D eigenvalue weighted by molar-refractivity contribution is -0.114. The van der Waals surface area contributed by atoms with Crippen molar-refractivity contribution in [2.24, 2.45) is 16.0 Å². The average molecular weight is 249 g/mol. The highest BCUT2D eigenvalue weighted by Gasteiger charge is 2.07. The van der Waals surface area contributed by atoms with Gasteiger partial charge in [0.25, 0.3) is 5.91 Å². The number of allylic oxidation sites excluding steroid dienone is 1. The summed E-state index contributed by atoms with van der Waals surface area (Å²) in [5.74, 6) is -0.373. The monoisotopic (exact) mass is 249 g/mol. The fraction of sp³-hybridized carbons (Fsp3) is 0.250. The third kappa shape index (κ3) is 3.89. The topological polar surface area (TPSA) is 97.3 Å². The Morgan fingerprint density at radius 3 is 2.44 bits per heavy atom. The van der Waals surface area contributed by atoms with Crippen LogP contribution >= 0.6 is 0 Å². The third-order valence-corrected chi connectivity index (χ3v) is 1.99. The zero-order valence-corrected chi connectivity index (χ0v) is 10.3. The van der Waals surface area contributed by atoms with Crippen molar-refractivity contribution >= 4 is 11.6 Å². The van der Waals surface area contributed by atoms with Gasteiger partial charge in [-0.25, -0.2) is 0 Å². The van der Waals surface area contributed by atoms with Crippen LogP contribution < -0.4 is 10.5 Å². The number of benzene rings is 1. The van der Waals surface area contributed by atoms with Gasteiger partial charge in [0, 0.05) is 0 Å². The standard InChI is InChI=1S/C12H15N3O3/c1-3-18-10-6-4-9(5-7-10)14-15-11(8(2)16)12(13)17/h4-7,16H,3H2,1-2H3,(H2,13,17)/b11-8+,15-14?. The molecule has 1 rings (SSSR count). The first-order valence-electron chi connectivity index (χ1n) is 5.38. The molecule has 0 atom stereocenters.